The van der Waals surface area contributed by atoms with Crippen molar-refractivity contribution in [3.05, 3.63) is 75.3 Å². The van der Waals surface area contributed by atoms with E-state index in [0.717, 1.165) is 5.56 Å². The number of nitrogens with zero attached hydrogens (tertiary/aromatic N) is 3. The SMILES string of the molecule is CC(=O)N1N=C(c2cccc([N+](=O)[O-])c2)O[C@@H]1c1ccc(C(C)C)cc1. The molecule has 1 heterocycles. The number of hydrogen-bond donors (Lipinski definition) is 0. The monoisotopic (exact) mass is 353 g/mol. The molecule has 0 saturated heterocycles. The number of non-ortho nitro benzene ring substituents is 1. The van der Waals surface area contributed by atoms with E-state index in [4.69, 9.17) is 4.74 Å². The zero-order valence-corrected chi connectivity index (χ0v) is 14.7. The van der Waals surface area contributed by atoms with Crippen molar-refractivity contribution < 1.29 is 14.5 Å². The van der Waals surface area contributed by atoms with E-state index >= 15 is 0 Å². The summed E-state index contributed by atoms with van der Waals surface area (Å²) in [6.45, 7) is 5.61. The van der Waals surface area contributed by atoms with E-state index in [9.17, 15) is 14.9 Å². The lowest BCUT2D eigenvalue weighted by atomic mass is 10.0. The van der Waals surface area contributed by atoms with Crippen molar-refractivity contribution >= 4 is 17.5 Å². The smallest absolute Gasteiger partial charge is 0.270 e. The van der Waals surface area contributed by atoms with E-state index in [1.54, 1.807) is 12.1 Å². The fourth-order valence-electron chi connectivity index (χ4n) is 2.70. The number of nitro groups is 1. The molecule has 0 aliphatic carbocycles. The maximum atomic E-state index is 12.0. The molecule has 0 N–H and O–H groups in total. The van der Waals surface area contributed by atoms with Gasteiger partial charge in [-0.1, -0.05) is 44.2 Å². The van der Waals surface area contributed by atoms with Crippen LogP contribution in [0.1, 0.15) is 49.6 Å². The highest BCUT2D eigenvalue weighted by Crippen LogP contribution is 2.31. The summed E-state index contributed by atoms with van der Waals surface area (Å²) in [6, 6.07) is 13.8. The molecule has 1 aliphatic rings. The van der Waals surface area contributed by atoms with Crippen LogP contribution in [0.25, 0.3) is 0 Å². The third-order valence-corrected chi connectivity index (χ3v) is 4.16. The highest BCUT2D eigenvalue weighted by atomic mass is 16.6. The number of carbonyl (C=O) groups excluding carboxylic acids is 1. The van der Waals surface area contributed by atoms with Crippen molar-refractivity contribution in [1.82, 2.24) is 5.01 Å². The highest BCUT2D eigenvalue weighted by Gasteiger charge is 2.33. The van der Waals surface area contributed by atoms with Crippen LogP contribution in [0, 0.1) is 10.1 Å². The molecule has 134 valence electrons. The summed E-state index contributed by atoms with van der Waals surface area (Å²) in [6.07, 6.45) is -0.692. The van der Waals surface area contributed by atoms with Crippen molar-refractivity contribution in [3.8, 4) is 0 Å². The highest BCUT2D eigenvalue weighted by molar-refractivity contribution is 5.96. The number of amides is 1. The second-order valence-corrected chi connectivity index (χ2v) is 6.37. The predicted molar refractivity (Wildman–Crippen MR) is 96.5 cm³/mol. The topological polar surface area (TPSA) is 85.0 Å². The molecule has 2 aromatic rings. The average molecular weight is 353 g/mol. The molecular formula is C19H19N3O4. The summed E-state index contributed by atoms with van der Waals surface area (Å²) >= 11 is 0. The van der Waals surface area contributed by atoms with Gasteiger partial charge in [-0.3, -0.25) is 14.9 Å². The Balaban J connectivity index is 1.92. The summed E-state index contributed by atoms with van der Waals surface area (Å²) in [7, 11) is 0. The number of hydrogen-bond acceptors (Lipinski definition) is 5. The molecular weight excluding hydrogens is 334 g/mol. The Morgan fingerprint density at radius 2 is 1.92 bits per heavy atom. The van der Waals surface area contributed by atoms with Crippen molar-refractivity contribution in [1.29, 1.82) is 0 Å². The van der Waals surface area contributed by atoms with Gasteiger partial charge in [0.1, 0.15) is 0 Å². The molecule has 0 aromatic heterocycles. The number of benzene rings is 2. The maximum absolute atomic E-state index is 12.0. The van der Waals surface area contributed by atoms with Gasteiger partial charge < -0.3 is 4.74 Å². The van der Waals surface area contributed by atoms with Crippen LogP contribution < -0.4 is 0 Å². The number of rotatable bonds is 4. The van der Waals surface area contributed by atoms with E-state index in [0.29, 0.717) is 11.5 Å². The Morgan fingerprint density at radius 1 is 1.23 bits per heavy atom. The average Bonchev–Trinajstić information content (AvgIpc) is 3.07. The first kappa shape index (κ1) is 17.6. The van der Waals surface area contributed by atoms with Gasteiger partial charge in [0, 0.05) is 30.2 Å². The molecule has 7 heteroatoms. The zero-order chi connectivity index (χ0) is 18.8. The van der Waals surface area contributed by atoms with Crippen LogP contribution in [0.5, 0.6) is 0 Å². The molecule has 26 heavy (non-hydrogen) atoms. The zero-order valence-electron chi connectivity index (χ0n) is 14.7. The van der Waals surface area contributed by atoms with Crippen molar-refractivity contribution in [2.45, 2.75) is 32.9 Å². The normalized spacial score (nSPS) is 16.4. The Hall–Kier alpha value is -3.22. The molecule has 0 radical (unpaired) electrons. The molecule has 3 rings (SSSR count). The van der Waals surface area contributed by atoms with Crippen molar-refractivity contribution in [2.75, 3.05) is 0 Å². The van der Waals surface area contributed by atoms with Gasteiger partial charge in [-0.25, -0.2) is 0 Å². The Kier molecular flexibility index (Phi) is 4.71. The molecule has 0 unspecified atom stereocenters. The van der Waals surface area contributed by atoms with Crippen LogP contribution in [-0.4, -0.2) is 21.7 Å². The molecule has 7 nitrogen and oxygen atoms in total. The summed E-state index contributed by atoms with van der Waals surface area (Å²) in [5.74, 6) is 0.305. The Labute approximate surface area is 151 Å². The molecule has 1 amide bonds. The third kappa shape index (κ3) is 3.42. The van der Waals surface area contributed by atoms with Crippen LogP contribution >= 0.6 is 0 Å². The molecule has 1 aliphatic heterocycles. The maximum Gasteiger partial charge on any atom is 0.270 e. The van der Waals surface area contributed by atoms with Crippen LogP contribution in [0.15, 0.2) is 53.6 Å². The van der Waals surface area contributed by atoms with Gasteiger partial charge in [-0.05, 0) is 17.5 Å². The van der Waals surface area contributed by atoms with Gasteiger partial charge in [-0.15, -0.1) is 5.10 Å². The third-order valence-electron chi connectivity index (χ3n) is 4.16. The van der Waals surface area contributed by atoms with Gasteiger partial charge in [-0.2, -0.15) is 5.01 Å². The van der Waals surface area contributed by atoms with Gasteiger partial charge in [0.2, 0.25) is 18.0 Å². The van der Waals surface area contributed by atoms with E-state index < -0.39 is 11.2 Å². The second-order valence-electron chi connectivity index (χ2n) is 6.37. The Bertz CT molecular complexity index is 875. The summed E-state index contributed by atoms with van der Waals surface area (Å²) in [4.78, 5) is 22.5. The lowest BCUT2D eigenvalue weighted by Crippen LogP contribution is -2.25. The second kappa shape index (κ2) is 6.95. The minimum Gasteiger partial charge on any atom is -0.446 e. The number of hydrazone groups is 1. The first-order valence-corrected chi connectivity index (χ1v) is 8.26. The lowest BCUT2D eigenvalue weighted by molar-refractivity contribution is -0.384. The predicted octanol–water partition coefficient (Wildman–Crippen LogP) is 3.96. The number of ether oxygens (including phenoxy) is 1. The largest absolute Gasteiger partial charge is 0.446 e. The minimum atomic E-state index is -0.692. The van der Waals surface area contributed by atoms with Crippen molar-refractivity contribution in [2.24, 2.45) is 5.10 Å². The Morgan fingerprint density at radius 3 is 2.50 bits per heavy atom. The summed E-state index contributed by atoms with van der Waals surface area (Å²) in [5.41, 5.74) is 2.36. The van der Waals surface area contributed by atoms with Crippen molar-refractivity contribution in [3.63, 3.8) is 0 Å². The van der Waals surface area contributed by atoms with Gasteiger partial charge >= 0.3 is 0 Å². The quantitative estimate of drug-likeness (QED) is 0.615. The number of carbonyl (C=O) groups is 1. The van der Waals surface area contributed by atoms with E-state index in [1.807, 2.05) is 24.3 Å². The van der Waals surface area contributed by atoms with Crippen LogP contribution in [-0.2, 0) is 9.53 Å². The molecule has 2 aromatic carbocycles. The first-order chi connectivity index (χ1) is 12.4. The molecule has 0 saturated carbocycles. The number of nitro benzene ring substituents is 1. The summed E-state index contributed by atoms with van der Waals surface area (Å²) in [5, 5.41) is 16.5. The van der Waals surface area contributed by atoms with Crippen LogP contribution in [0.2, 0.25) is 0 Å². The standard InChI is InChI=1S/C19H19N3O4/c1-12(2)14-7-9-15(10-8-14)19-21(13(3)23)20-18(26-19)16-5-4-6-17(11-16)22(24)25/h4-12,19H,1-3H3/t19-/m1/s1. The van der Waals surface area contributed by atoms with Gasteiger partial charge in [0.25, 0.3) is 5.69 Å². The molecule has 0 spiro atoms. The van der Waals surface area contributed by atoms with E-state index in [-0.39, 0.29) is 17.5 Å². The van der Waals surface area contributed by atoms with Crippen LogP contribution in [0.4, 0.5) is 5.69 Å². The van der Waals surface area contributed by atoms with E-state index in [1.165, 1.54) is 29.6 Å². The van der Waals surface area contributed by atoms with Gasteiger partial charge in [0.15, 0.2) is 0 Å². The molecule has 0 bridgehead atoms. The molecule has 1 atom stereocenters. The van der Waals surface area contributed by atoms with E-state index in [2.05, 4.69) is 18.9 Å². The van der Waals surface area contributed by atoms with Gasteiger partial charge in [0.05, 0.1) is 4.92 Å². The first-order valence-electron chi connectivity index (χ1n) is 8.26. The van der Waals surface area contributed by atoms with Crippen LogP contribution in [0.3, 0.4) is 0 Å². The minimum absolute atomic E-state index is 0.0621. The fraction of sp³-hybridized carbons (Fsp3) is 0.263. The fourth-order valence-corrected chi connectivity index (χ4v) is 2.70. The lowest BCUT2D eigenvalue weighted by Gasteiger charge is -2.19. The molecule has 0 fully saturated rings. The summed E-state index contributed by atoms with van der Waals surface area (Å²) < 4.78 is 5.88.